The molecule has 2 atom stereocenters. The number of fused-ring (bicyclic) bond motifs is 1. The molecule has 0 bridgehead atoms. The number of benzene rings is 1. The van der Waals surface area contributed by atoms with Gasteiger partial charge in [-0.25, -0.2) is 0 Å². The summed E-state index contributed by atoms with van der Waals surface area (Å²) < 4.78 is 7.73. The largest absolute Gasteiger partial charge is 0.493 e. The van der Waals surface area contributed by atoms with Crippen LogP contribution in [0.3, 0.4) is 0 Å². The number of anilines is 2. The lowest BCUT2D eigenvalue weighted by molar-refractivity contribution is -0.123. The Kier molecular flexibility index (Phi) is 6.82. The molecule has 4 rings (SSSR count). The molecule has 1 aromatic carbocycles. The highest BCUT2D eigenvalue weighted by Crippen LogP contribution is 2.33. The van der Waals surface area contributed by atoms with E-state index in [0.717, 1.165) is 29.1 Å². The highest BCUT2D eigenvalue weighted by atomic mass is 16.5. The Bertz CT molecular complexity index is 1100. The van der Waals surface area contributed by atoms with Gasteiger partial charge in [0.25, 0.3) is 0 Å². The smallest absolute Gasteiger partial charge is 0.243 e. The first-order valence-corrected chi connectivity index (χ1v) is 11.4. The zero-order valence-corrected chi connectivity index (χ0v) is 19.6. The number of nitrogens with zero attached hydrogens (tertiary/aromatic N) is 3. The molecule has 3 heterocycles. The van der Waals surface area contributed by atoms with Crippen LogP contribution in [0.2, 0.25) is 0 Å². The van der Waals surface area contributed by atoms with E-state index in [4.69, 9.17) is 4.74 Å². The van der Waals surface area contributed by atoms with E-state index in [9.17, 15) is 4.79 Å². The first kappa shape index (κ1) is 22.6. The number of aromatic nitrogens is 3. The molecule has 1 aliphatic heterocycles. The van der Waals surface area contributed by atoms with Crippen LogP contribution in [0.1, 0.15) is 43.9 Å². The highest BCUT2D eigenvalue weighted by Gasteiger charge is 2.27. The Labute approximate surface area is 194 Å². The second-order valence-corrected chi connectivity index (χ2v) is 8.84. The first-order chi connectivity index (χ1) is 15.9. The average molecular weight is 449 g/mol. The zero-order valence-electron chi connectivity index (χ0n) is 19.6. The van der Waals surface area contributed by atoms with Crippen molar-refractivity contribution in [3.05, 3.63) is 59.9 Å². The summed E-state index contributed by atoms with van der Waals surface area (Å²) in [7, 11) is 1.78. The third-order valence-corrected chi connectivity index (χ3v) is 5.68. The highest BCUT2D eigenvalue weighted by molar-refractivity contribution is 5.85. The Morgan fingerprint density at radius 1 is 1.21 bits per heavy atom. The fourth-order valence-corrected chi connectivity index (χ4v) is 4.04. The lowest BCUT2D eigenvalue weighted by Gasteiger charge is -2.29. The molecule has 8 heteroatoms. The van der Waals surface area contributed by atoms with Crippen LogP contribution < -0.4 is 20.7 Å². The molecule has 3 N–H and O–H groups in total. The molecule has 0 aliphatic carbocycles. The van der Waals surface area contributed by atoms with Gasteiger partial charge in [-0.05, 0) is 43.0 Å². The van der Waals surface area contributed by atoms with Crippen LogP contribution in [0.4, 0.5) is 11.8 Å². The molecular weight excluding hydrogens is 416 g/mol. The summed E-state index contributed by atoms with van der Waals surface area (Å²) in [6, 6.07) is 11.4. The van der Waals surface area contributed by atoms with E-state index in [1.807, 2.05) is 54.2 Å². The third-order valence-electron chi connectivity index (χ3n) is 5.68. The molecule has 3 aromatic rings. The predicted molar refractivity (Wildman–Crippen MR) is 130 cm³/mol. The molecule has 2 unspecified atom stereocenters. The Hall–Kier alpha value is -3.55. The molecule has 174 valence electrons. The van der Waals surface area contributed by atoms with Gasteiger partial charge in [-0.15, -0.1) is 0 Å². The van der Waals surface area contributed by atoms with Gasteiger partial charge in [0, 0.05) is 37.5 Å². The van der Waals surface area contributed by atoms with Crippen molar-refractivity contribution in [3.63, 3.8) is 0 Å². The SMILES string of the molecule is CNc1nc(NC(CC(C)C)C(=O)NC2CCOc3cc(C)ccc32)cc(-n2cccc2)n1. The standard InChI is InChI=1S/C25H32N6O2/c1-16(2)13-20(24(32)28-19-9-12-33-21-14-17(3)7-8-18(19)21)27-22-15-23(30-25(26-4)29-22)31-10-5-6-11-31/h5-8,10-11,14-16,19-20H,9,12-13H2,1-4H3,(H,28,32)(H2,26,27,29,30). The molecule has 0 spiro atoms. The number of hydrogen-bond acceptors (Lipinski definition) is 6. The van der Waals surface area contributed by atoms with Crippen molar-refractivity contribution in [2.24, 2.45) is 5.92 Å². The van der Waals surface area contributed by atoms with E-state index in [1.165, 1.54) is 0 Å². The summed E-state index contributed by atoms with van der Waals surface area (Å²) in [4.78, 5) is 22.5. The van der Waals surface area contributed by atoms with Gasteiger partial charge in [-0.2, -0.15) is 9.97 Å². The number of ether oxygens (including phenoxy) is 1. The fourth-order valence-electron chi connectivity index (χ4n) is 4.04. The quantitative estimate of drug-likeness (QED) is 0.481. The fraction of sp³-hybridized carbons (Fsp3) is 0.400. The number of rotatable bonds is 8. The molecule has 0 saturated heterocycles. The third kappa shape index (κ3) is 5.45. The molecule has 0 saturated carbocycles. The van der Waals surface area contributed by atoms with E-state index in [2.05, 4.69) is 45.8 Å². The van der Waals surface area contributed by atoms with Crippen molar-refractivity contribution in [2.45, 2.75) is 45.7 Å². The van der Waals surface area contributed by atoms with Gasteiger partial charge in [0.2, 0.25) is 11.9 Å². The summed E-state index contributed by atoms with van der Waals surface area (Å²) in [6.07, 6.45) is 5.27. The van der Waals surface area contributed by atoms with E-state index >= 15 is 0 Å². The number of hydrogen-bond donors (Lipinski definition) is 3. The van der Waals surface area contributed by atoms with E-state index in [-0.39, 0.29) is 11.9 Å². The normalized spacial score (nSPS) is 16.0. The van der Waals surface area contributed by atoms with Gasteiger partial charge < -0.3 is 25.3 Å². The van der Waals surface area contributed by atoms with E-state index < -0.39 is 6.04 Å². The van der Waals surface area contributed by atoms with Gasteiger partial charge in [0.1, 0.15) is 23.4 Å². The molecule has 0 fully saturated rings. The van der Waals surface area contributed by atoms with Gasteiger partial charge in [0.15, 0.2) is 0 Å². The van der Waals surface area contributed by atoms with Crippen LogP contribution in [-0.4, -0.2) is 40.1 Å². The van der Waals surface area contributed by atoms with E-state index in [0.29, 0.717) is 30.7 Å². The van der Waals surface area contributed by atoms with Gasteiger partial charge in [-0.3, -0.25) is 4.79 Å². The molecule has 2 aromatic heterocycles. The lowest BCUT2D eigenvalue weighted by atomic mass is 9.97. The topological polar surface area (TPSA) is 93.1 Å². The van der Waals surface area contributed by atoms with Crippen molar-refractivity contribution in [2.75, 3.05) is 24.3 Å². The van der Waals surface area contributed by atoms with Crippen LogP contribution in [0.5, 0.6) is 5.75 Å². The van der Waals surface area contributed by atoms with Gasteiger partial charge >= 0.3 is 0 Å². The van der Waals surface area contributed by atoms with Crippen LogP contribution in [0.15, 0.2) is 48.8 Å². The van der Waals surface area contributed by atoms with Crippen molar-refractivity contribution in [3.8, 4) is 11.6 Å². The molecule has 1 aliphatic rings. The molecule has 1 amide bonds. The molecular formula is C25H32N6O2. The van der Waals surface area contributed by atoms with Crippen LogP contribution >= 0.6 is 0 Å². The van der Waals surface area contributed by atoms with Gasteiger partial charge in [0.05, 0.1) is 12.6 Å². The maximum absolute atomic E-state index is 13.4. The minimum absolute atomic E-state index is 0.0470. The number of amides is 1. The summed E-state index contributed by atoms with van der Waals surface area (Å²) in [6.45, 7) is 6.84. The minimum atomic E-state index is -0.432. The maximum atomic E-state index is 13.4. The number of carbonyl (C=O) groups is 1. The summed E-state index contributed by atoms with van der Waals surface area (Å²) in [5.41, 5.74) is 2.17. The summed E-state index contributed by atoms with van der Waals surface area (Å²) >= 11 is 0. The van der Waals surface area contributed by atoms with E-state index in [1.54, 1.807) is 7.05 Å². The first-order valence-electron chi connectivity index (χ1n) is 11.4. The average Bonchev–Trinajstić information content (AvgIpc) is 3.33. The number of nitrogens with one attached hydrogen (secondary N) is 3. The Morgan fingerprint density at radius 2 is 2.00 bits per heavy atom. The maximum Gasteiger partial charge on any atom is 0.243 e. The molecule has 0 radical (unpaired) electrons. The van der Waals surface area contributed by atoms with Crippen LogP contribution in [0.25, 0.3) is 5.82 Å². The van der Waals surface area contributed by atoms with Crippen LogP contribution in [-0.2, 0) is 4.79 Å². The second-order valence-electron chi connectivity index (χ2n) is 8.84. The Morgan fingerprint density at radius 3 is 2.73 bits per heavy atom. The van der Waals surface area contributed by atoms with Gasteiger partial charge in [-0.1, -0.05) is 26.0 Å². The zero-order chi connectivity index (χ0) is 23.4. The van der Waals surface area contributed by atoms with Crippen LogP contribution in [0, 0.1) is 12.8 Å². The second kappa shape index (κ2) is 9.94. The monoisotopic (exact) mass is 448 g/mol. The lowest BCUT2D eigenvalue weighted by Crippen LogP contribution is -2.43. The molecule has 8 nitrogen and oxygen atoms in total. The number of carbonyl (C=O) groups excluding carboxylic acids is 1. The Balaban J connectivity index is 1.56. The van der Waals surface area contributed by atoms with Crippen molar-refractivity contribution < 1.29 is 9.53 Å². The summed E-state index contributed by atoms with van der Waals surface area (Å²) in [5, 5.41) is 9.61. The number of aryl methyl sites for hydroxylation is 1. The summed E-state index contributed by atoms with van der Waals surface area (Å²) in [5.74, 6) is 2.94. The van der Waals surface area contributed by atoms with Crippen molar-refractivity contribution >= 4 is 17.7 Å². The van der Waals surface area contributed by atoms with Crippen molar-refractivity contribution in [1.29, 1.82) is 0 Å². The predicted octanol–water partition coefficient (Wildman–Crippen LogP) is 4.08. The van der Waals surface area contributed by atoms with Crippen molar-refractivity contribution in [1.82, 2.24) is 19.9 Å². The molecule has 33 heavy (non-hydrogen) atoms. The minimum Gasteiger partial charge on any atom is -0.493 e.